The normalized spacial score (nSPS) is 13.2. The highest BCUT2D eigenvalue weighted by Crippen LogP contribution is 2.29. The van der Waals surface area contributed by atoms with E-state index >= 15 is 0 Å². The summed E-state index contributed by atoms with van der Waals surface area (Å²) in [5, 5.41) is 2.40. The van der Waals surface area contributed by atoms with Crippen LogP contribution in [0, 0.1) is 0 Å². The number of halogens is 4. The largest absolute Gasteiger partial charge is 0.433 e. The van der Waals surface area contributed by atoms with Crippen LogP contribution in [0.1, 0.15) is 12.6 Å². The maximum Gasteiger partial charge on any atom is 0.433 e. The highest BCUT2D eigenvalue weighted by molar-refractivity contribution is 6.28. The number of aromatic nitrogens is 4. The standard InChI is InChI=1S/C11H11ClF3N5/c1-7(5-20-3-2-16-6-20)17-9-4-8(11(13,14)15)18-10(12)19-9/h2-4,6-7H,5H2,1H3,(H,17,18,19). The molecule has 9 heteroatoms. The molecule has 0 aliphatic heterocycles. The zero-order chi connectivity index (χ0) is 14.8. The lowest BCUT2D eigenvalue weighted by Crippen LogP contribution is -2.22. The molecule has 0 radical (unpaired) electrons. The minimum Gasteiger partial charge on any atom is -0.366 e. The Balaban J connectivity index is 2.11. The van der Waals surface area contributed by atoms with Gasteiger partial charge in [0.05, 0.1) is 6.33 Å². The molecule has 2 aromatic rings. The van der Waals surface area contributed by atoms with Crippen molar-refractivity contribution in [1.29, 1.82) is 0 Å². The number of anilines is 1. The zero-order valence-corrected chi connectivity index (χ0v) is 11.2. The van der Waals surface area contributed by atoms with Crippen molar-refractivity contribution >= 4 is 17.4 Å². The Bertz CT molecular complexity index is 570. The van der Waals surface area contributed by atoms with Crippen molar-refractivity contribution < 1.29 is 13.2 Å². The molecule has 0 saturated carbocycles. The number of alkyl halides is 3. The summed E-state index contributed by atoms with van der Waals surface area (Å²) in [6.07, 6.45) is 0.436. The van der Waals surface area contributed by atoms with Crippen molar-refractivity contribution in [3.8, 4) is 0 Å². The second kappa shape index (κ2) is 5.66. The topological polar surface area (TPSA) is 55.6 Å². The van der Waals surface area contributed by atoms with Gasteiger partial charge in [0.25, 0.3) is 0 Å². The lowest BCUT2D eigenvalue weighted by atomic mass is 10.3. The third-order valence-electron chi connectivity index (χ3n) is 2.43. The molecule has 1 unspecified atom stereocenters. The van der Waals surface area contributed by atoms with Gasteiger partial charge in [-0.15, -0.1) is 0 Å². The van der Waals surface area contributed by atoms with E-state index < -0.39 is 17.2 Å². The Labute approximate surface area is 117 Å². The maximum atomic E-state index is 12.6. The second-order valence-electron chi connectivity index (χ2n) is 4.21. The van der Waals surface area contributed by atoms with Crippen LogP contribution in [0.2, 0.25) is 5.28 Å². The van der Waals surface area contributed by atoms with E-state index in [2.05, 4.69) is 20.3 Å². The number of nitrogens with one attached hydrogen (secondary N) is 1. The Morgan fingerprint density at radius 1 is 1.40 bits per heavy atom. The third kappa shape index (κ3) is 3.83. The van der Waals surface area contributed by atoms with Gasteiger partial charge in [-0.2, -0.15) is 13.2 Å². The first-order chi connectivity index (χ1) is 9.34. The highest BCUT2D eigenvalue weighted by atomic mass is 35.5. The van der Waals surface area contributed by atoms with E-state index in [0.717, 1.165) is 6.07 Å². The molecule has 1 N–H and O–H groups in total. The molecule has 5 nitrogen and oxygen atoms in total. The molecule has 0 fully saturated rings. The fourth-order valence-corrected chi connectivity index (χ4v) is 1.83. The van der Waals surface area contributed by atoms with Crippen LogP contribution in [0.4, 0.5) is 19.0 Å². The molecule has 2 aromatic heterocycles. The summed E-state index contributed by atoms with van der Waals surface area (Å²) < 4.78 is 39.6. The van der Waals surface area contributed by atoms with Crippen molar-refractivity contribution in [2.45, 2.75) is 25.7 Å². The van der Waals surface area contributed by atoms with Gasteiger partial charge in [0.15, 0.2) is 5.69 Å². The molecule has 0 aliphatic rings. The molecule has 0 saturated heterocycles. The van der Waals surface area contributed by atoms with Crippen molar-refractivity contribution in [2.75, 3.05) is 5.32 Å². The lowest BCUT2D eigenvalue weighted by Gasteiger charge is -2.16. The first-order valence-corrected chi connectivity index (χ1v) is 6.06. The first-order valence-electron chi connectivity index (χ1n) is 5.68. The van der Waals surface area contributed by atoms with Crippen LogP contribution in [-0.4, -0.2) is 25.6 Å². The van der Waals surface area contributed by atoms with Gasteiger partial charge in [0.2, 0.25) is 5.28 Å². The number of imidazole rings is 1. The quantitative estimate of drug-likeness (QED) is 0.883. The van der Waals surface area contributed by atoms with E-state index in [1.165, 1.54) is 0 Å². The Hall–Kier alpha value is -1.83. The van der Waals surface area contributed by atoms with Gasteiger partial charge in [-0.3, -0.25) is 0 Å². The monoisotopic (exact) mass is 305 g/mol. The zero-order valence-electron chi connectivity index (χ0n) is 10.4. The summed E-state index contributed by atoms with van der Waals surface area (Å²) in [5.41, 5.74) is -1.07. The van der Waals surface area contributed by atoms with Crippen LogP contribution in [0.3, 0.4) is 0 Å². The number of rotatable bonds is 4. The summed E-state index contributed by atoms with van der Waals surface area (Å²) >= 11 is 5.50. The SMILES string of the molecule is CC(Cn1ccnc1)Nc1cc(C(F)(F)F)nc(Cl)n1. The number of nitrogens with zero attached hydrogens (tertiary/aromatic N) is 4. The highest BCUT2D eigenvalue weighted by Gasteiger charge is 2.33. The van der Waals surface area contributed by atoms with Gasteiger partial charge in [-0.25, -0.2) is 15.0 Å². The number of hydrogen-bond donors (Lipinski definition) is 1. The summed E-state index contributed by atoms with van der Waals surface area (Å²) in [7, 11) is 0. The molecule has 2 heterocycles. The first kappa shape index (κ1) is 14.6. The average Bonchev–Trinajstić information content (AvgIpc) is 2.79. The van der Waals surface area contributed by atoms with Crippen molar-refractivity contribution in [1.82, 2.24) is 19.5 Å². The predicted octanol–water partition coefficient (Wildman–Crippen LogP) is 2.85. The van der Waals surface area contributed by atoms with Gasteiger partial charge in [0.1, 0.15) is 5.82 Å². The minimum absolute atomic E-state index is 0.0324. The van der Waals surface area contributed by atoms with Crippen molar-refractivity contribution in [2.24, 2.45) is 0 Å². The Morgan fingerprint density at radius 3 is 2.75 bits per heavy atom. The summed E-state index contributed by atoms with van der Waals surface area (Å²) in [6, 6.07) is 0.673. The van der Waals surface area contributed by atoms with Gasteiger partial charge in [0, 0.05) is 31.0 Å². The minimum atomic E-state index is -4.56. The number of hydrogen-bond acceptors (Lipinski definition) is 4. The molecule has 20 heavy (non-hydrogen) atoms. The van der Waals surface area contributed by atoms with E-state index in [-0.39, 0.29) is 11.9 Å². The lowest BCUT2D eigenvalue weighted by molar-refractivity contribution is -0.141. The van der Waals surface area contributed by atoms with Gasteiger partial charge in [-0.1, -0.05) is 0 Å². The van der Waals surface area contributed by atoms with Crippen molar-refractivity contribution in [3.05, 3.63) is 35.8 Å². The van der Waals surface area contributed by atoms with Crippen molar-refractivity contribution in [3.63, 3.8) is 0 Å². The van der Waals surface area contributed by atoms with E-state index in [1.807, 2.05) is 6.92 Å². The fourth-order valence-electron chi connectivity index (χ4n) is 1.65. The van der Waals surface area contributed by atoms with Crippen LogP contribution in [-0.2, 0) is 12.7 Å². The Kier molecular flexibility index (Phi) is 4.12. The average molecular weight is 306 g/mol. The van der Waals surface area contributed by atoms with Crippen LogP contribution in [0.5, 0.6) is 0 Å². The molecule has 0 amide bonds. The fraction of sp³-hybridized carbons (Fsp3) is 0.364. The summed E-state index contributed by atoms with van der Waals surface area (Å²) in [4.78, 5) is 10.8. The Morgan fingerprint density at radius 2 is 2.15 bits per heavy atom. The van der Waals surface area contributed by atoms with Gasteiger partial charge >= 0.3 is 6.18 Å². The van der Waals surface area contributed by atoms with Crippen LogP contribution in [0.25, 0.3) is 0 Å². The van der Waals surface area contributed by atoms with Crippen LogP contribution in [0.15, 0.2) is 24.8 Å². The smallest absolute Gasteiger partial charge is 0.366 e. The molecule has 1 atom stereocenters. The molecule has 0 bridgehead atoms. The molecular weight excluding hydrogens is 295 g/mol. The van der Waals surface area contributed by atoms with Gasteiger partial charge < -0.3 is 9.88 Å². The van der Waals surface area contributed by atoms with E-state index in [1.54, 1.807) is 23.3 Å². The molecule has 0 aromatic carbocycles. The summed E-state index contributed by atoms with van der Waals surface area (Å²) in [6.45, 7) is 2.34. The maximum absolute atomic E-state index is 12.6. The van der Waals surface area contributed by atoms with E-state index in [9.17, 15) is 13.2 Å². The van der Waals surface area contributed by atoms with E-state index in [4.69, 9.17) is 11.6 Å². The predicted molar refractivity (Wildman–Crippen MR) is 67.4 cm³/mol. The van der Waals surface area contributed by atoms with Crippen LogP contribution >= 0.6 is 11.6 Å². The third-order valence-corrected chi connectivity index (χ3v) is 2.60. The molecule has 0 aliphatic carbocycles. The summed E-state index contributed by atoms with van der Waals surface area (Å²) in [5.74, 6) is 0.0324. The molecular formula is C11H11ClF3N5. The van der Waals surface area contributed by atoms with E-state index in [0.29, 0.717) is 6.54 Å². The van der Waals surface area contributed by atoms with Gasteiger partial charge in [-0.05, 0) is 18.5 Å². The molecule has 0 spiro atoms. The molecule has 108 valence electrons. The van der Waals surface area contributed by atoms with Crippen LogP contribution < -0.4 is 5.32 Å². The molecule has 2 rings (SSSR count). The second-order valence-corrected chi connectivity index (χ2v) is 4.55.